The van der Waals surface area contributed by atoms with E-state index in [1.54, 1.807) is 6.20 Å². The molecule has 0 saturated carbocycles. The van der Waals surface area contributed by atoms with Gasteiger partial charge in [0.05, 0.1) is 12.8 Å². The van der Waals surface area contributed by atoms with Crippen LogP contribution in [0.5, 0.6) is 5.75 Å². The monoisotopic (exact) mass is 274 g/mol. The number of benzene rings is 1. The number of rotatable bonds is 6. The predicted molar refractivity (Wildman–Crippen MR) is 77.3 cm³/mol. The second-order valence-electron chi connectivity index (χ2n) is 4.73. The molecule has 0 saturated heterocycles. The topological polar surface area (TPSA) is 34.1 Å². The minimum absolute atomic E-state index is 0.0306. The third-order valence-electron chi connectivity index (χ3n) is 3.14. The average molecular weight is 274 g/mol. The van der Waals surface area contributed by atoms with Crippen molar-refractivity contribution in [2.24, 2.45) is 0 Å². The number of hydrogen-bond donors (Lipinski definition) is 1. The third-order valence-corrected chi connectivity index (χ3v) is 3.14. The zero-order valence-electron chi connectivity index (χ0n) is 11.8. The van der Waals surface area contributed by atoms with E-state index < -0.39 is 0 Å². The second kappa shape index (κ2) is 7.01. The summed E-state index contributed by atoms with van der Waals surface area (Å²) in [5.41, 5.74) is 2.00. The van der Waals surface area contributed by atoms with Gasteiger partial charge >= 0.3 is 0 Å². The number of aromatic nitrogens is 1. The predicted octanol–water partition coefficient (Wildman–Crippen LogP) is 3.26. The number of nitrogens with zero attached hydrogens (tertiary/aromatic N) is 1. The minimum atomic E-state index is -0.317. The molecule has 0 spiro atoms. The van der Waals surface area contributed by atoms with E-state index in [0.29, 0.717) is 6.61 Å². The van der Waals surface area contributed by atoms with Gasteiger partial charge in [-0.2, -0.15) is 0 Å². The van der Waals surface area contributed by atoms with Crippen LogP contribution in [0.15, 0.2) is 42.7 Å². The molecular formula is C16H19FN2O. The molecule has 1 N–H and O–H groups in total. The quantitative estimate of drug-likeness (QED) is 0.878. The molecule has 0 bridgehead atoms. The highest BCUT2D eigenvalue weighted by Crippen LogP contribution is 2.18. The lowest BCUT2D eigenvalue weighted by Crippen LogP contribution is -2.19. The van der Waals surface area contributed by atoms with Gasteiger partial charge in [-0.25, -0.2) is 4.39 Å². The van der Waals surface area contributed by atoms with Gasteiger partial charge in [0.25, 0.3) is 0 Å². The van der Waals surface area contributed by atoms with Gasteiger partial charge in [-0.15, -0.1) is 0 Å². The lowest BCUT2D eigenvalue weighted by molar-refractivity contribution is 0.289. The van der Waals surface area contributed by atoms with Crippen LogP contribution in [0.25, 0.3) is 0 Å². The minimum Gasteiger partial charge on any atom is -0.494 e. The van der Waals surface area contributed by atoms with Gasteiger partial charge in [0, 0.05) is 18.7 Å². The Morgan fingerprint density at radius 3 is 2.85 bits per heavy atom. The van der Waals surface area contributed by atoms with Gasteiger partial charge in [-0.1, -0.05) is 12.1 Å². The fourth-order valence-electron chi connectivity index (χ4n) is 2.10. The van der Waals surface area contributed by atoms with E-state index in [-0.39, 0.29) is 11.9 Å². The van der Waals surface area contributed by atoms with Crippen LogP contribution in [0.3, 0.4) is 0 Å². The van der Waals surface area contributed by atoms with E-state index in [4.69, 9.17) is 4.74 Å². The summed E-state index contributed by atoms with van der Waals surface area (Å²) in [7, 11) is 1.85. The van der Waals surface area contributed by atoms with Crippen molar-refractivity contribution in [1.82, 2.24) is 10.3 Å². The van der Waals surface area contributed by atoms with E-state index >= 15 is 0 Å². The molecule has 3 nitrogen and oxygen atoms in total. The molecule has 1 aromatic heterocycles. The van der Waals surface area contributed by atoms with Gasteiger partial charge in [-0.3, -0.25) is 4.98 Å². The van der Waals surface area contributed by atoms with Crippen molar-refractivity contribution in [2.45, 2.75) is 19.4 Å². The van der Waals surface area contributed by atoms with Crippen LogP contribution in [0.2, 0.25) is 0 Å². The van der Waals surface area contributed by atoms with Crippen molar-refractivity contribution in [1.29, 1.82) is 0 Å². The summed E-state index contributed by atoms with van der Waals surface area (Å²) in [6, 6.07) is 9.46. The van der Waals surface area contributed by atoms with Crippen molar-refractivity contribution in [3.63, 3.8) is 0 Å². The maximum atomic E-state index is 13.2. The molecule has 0 aliphatic carbocycles. The van der Waals surface area contributed by atoms with Gasteiger partial charge in [-0.05, 0) is 43.3 Å². The summed E-state index contributed by atoms with van der Waals surface area (Å²) in [5.74, 6) is 0.541. The fourth-order valence-corrected chi connectivity index (χ4v) is 2.10. The molecule has 1 heterocycles. The Hall–Kier alpha value is -1.94. The number of ether oxygens (including phenoxy) is 1. The molecular weight excluding hydrogens is 255 g/mol. The van der Waals surface area contributed by atoms with E-state index in [9.17, 15) is 4.39 Å². The summed E-state index contributed by atoms with van der Waals surface area (Å²) in [4.78, 5) is 3.88. The summed E-state index contributed by atoms with van der Waals surface area (Å²) in [5, 5.41) is 3.16. The molecule has 1 aromatic carbocycles. The molecule has 2 rings (SSSR count). The molecule has 0 fully saturated rings. The molecule has 2 aromatic rings. The Bertz CT molecular complexity index is 560. The summed E-state index contributed by atoms with van der Waals surface area (Å²) < 4.78 is 18.9. The molecule has 20 heavy (non-hydrogen) atoms. The maximum Gasteiger partial charge on any atom is 0.141 e. The van der Waals surface area contributed by atoms with Gasteiger partial charge in [0.15, 0.2) is 0 Å². The molecule has 0 aliphatic rings. The van der Waals surface area contributed by atoms with E-state index in [1.165, 1.54) is 17.8 Å². The Morgan fingerprint density at radius 1 is 1.30 bits per heavy atom. The van der Waals surface area contributed by atoms with Gasteiger partial charge in [0.2, 0.25) is 0 Å². The van der Waals surface area contributed by atoms with E-state index in [1.807, 2.05) is 38.2 Å². The zero-order chi connectivity index (χ0) is 14.4. The molecule has 1 atom stereocenters. The molecule has 106 valence electrons. The van der Waals surface area contributed by atoms with Crippen molar-refractivity contribution >= 4 is 0 Å². The van der Waals surface area contributed by atoms with Crippen molar-refractivity contribution in [3.8, 4) is 5.75 Å². The van der Waals surface area contributed by atoms with Crippen LogP contribution in [-0.4, -0.2) is 18.6 Å². The highest BCUT2D eigenvalue weighted by Gasteiger charge is 2.10. The number of aryl methyl sites for hydroxylation is 1. The Labute approximate surface area is 118 Å². The first-order valence-electron chi connectivity index (χ1n) is 6.66. The van der Waals surface area contributed by atoms with Crippen LogP contribution >= 0.6 is 0 Å². The van der Waals surface area contributed by atoms with Crippen molar-refractivity contribution in [2.75, 3.05) is 13.7 Å². The largest absolute Gasteiger partial charge is 0.494 e. The molecule has 1 unspecified atom stereocenters. The number of halogens is 1. The molecule has 0 radical (unpaired) electrons. The normalized spacial score (nSPS) is 12.2. The maximum absolute atomic E-state index is 13.2. The molecule has 4 heteroatoms. The van der Waals surface area contributed by atoms with Crippen LogP contribution < -0.4 is 10.1 Å². The number of pyridine rings is 1. The first-order chi connectivity index (χ1) is 9.69. The number of hydrogen-bond acceptors (Lipinski definition) is 3. The van der Waals surface area contributed by atoms with Gasteiger partial charge < -0.3 is 10.1 Å². The first kappa shape index (κ1) is 14.5. The summed E-state index contributed by atoms with van der Waals surface area (Å²) in [6.45, 7) is 2.59. The SMILES string of the molecule is CNC(CCOc1cccc(C)c1)c1cncc(F)c1. The highest BCUT2D eigenvalue weighted by atomic mass is 19.1. The Kier molecular flexibility index (Phi) is 5.07. The van der Waals surface area contributed by atoms with E-state index in [2.05, 4.69) is 10.3 Å². The Morgan fingerprint density at radius 2 is 2.15 bits per heavy atom. The first-order valence-corrected chi connectivity index (χ1v) is 6.66. The van der Waals surface area contributed by atoms with Crippen molar-refractivity contribution in [3.05, 3.63) is 59.7 Å². The Balaban J connectivity index is 1.91. The van der Waals surface area contributed by atoms with Crippen LogP contribution in [0.4, 0.5) is 4.39 Å². The van der Waals surface area contributed by atoms with Crippen LogP contribution in [0.1, 0.15) is 23.6 Å². The third kappa shape index (κ3) is 4.03. The standard InChI is InChI=1S/C16H19FN2O/c1-12-4-3-5-15(8-12)20-7-6-16(18-2)13-9-14(17)11-19-10-13/h3-5,8-11,16,18H,6-7H2,1-2H3. The average Bonchev–Trinajstić information content (AvgIpc) is 2.44. The molecule has 0 amide bonds. The highest BCUT2D eigenvalue weighted by molar-refractivity contribution is 5.27. The summed E-state index contributed by atoms with van der Waals surface area (Å²) >= 11 is 0. The lowest BCUT2D eigenvalue weighted by atomic mass is 10.1. The number of nitrogens with one attached hydrogen (secondary N) is 1. The smallest absolute Gasteiger partial charge is 0.141 e. The van der Waals surface area contributed by atoms with E-state index in [0.717, 1.165) is 17.7 Å². The van der Waals surface area contributed by atoms with Crippen molar-refractivity contribution < 1.29 is 9.13 Å². The molecule has 0 aliphatic heterocycles. The van der Waals surface area contributed by atoms with Crippen LogP contribution in [-0.2, 0) is 0 Å². The summed E-state index contributed by atoms with van der Waals surface area (Å²) in [6.07, 6.45) is 3.63. The second-order valence-corrected chi connectivity index (χ2v) is 4.73. The zero-order valence-corrected chi connectivity index (χ0v) is 11.8. The van der Waals surface area contributed by atoms with Gasteiger partial charge in [0.1, 0.15) is 11.6 Å². The van der Waals surface area contributed by atoms with Crippen LogP contribution in [0, 0.1) is 12.7 Å². The fraction of sp³-hybridized carbons (Fsp3) is 0.312. The lowest BCUT2D eigenvalue weighted by Gasteiger charge is -2.16.